The first kappa shape index (κ1) is 17.9. The van der Waals surface area contributed by atoms with Crippen LogP contribution in [0.25, 0.3) is 0 Å². The summed E-state index contributed by atoms with van der Waals surface area (Å²) < 4.78 is 0. The second-order valence-corrected chi connectivity index (χ2v) is 8.45. The van der Waals surface area contributed by atoms with Crippen LogP contribution in [0.1, 0.15) is 46.2 Å². The van der Waals surface area contributed by atoms with E-state index in [0.29, 0.717) is 12.6 Å². The van der Waals surface area contributed by atoms with E-state index >= 15 is 0 Å². The maximum absolute atomic E-state index is 13.0. The summed E-state index contributed by atoms with van der Waals surface area (Å²) >= 11 is 1.68. The highest BCUT2D eigenvalue weighted by molar-refractivity contribution is 7.13. The number of anilines is 2. The molecule has 0 saturated heterocycles. The van der Waals surface area contributed by atoms with E-state index in [0.717, 1.165) is 23.1 Å². The lowest BCUT2D eigenvalue weighted by Crippen LogP contribution is -2.39. The van der Waals surface area contributed by atoms with Crippen molar-refractivity contribution in [3.63, 3.8) is 0 Å². The Morgan fingerprint density at radius 2 is 1.92 bits per heavy atom. The zero-order valence-electron chi connectivity index (χ0n) is 15.5. The number of carbonyl (C=O) groups excluding carboxylic acids is 1. The molecule has 134 valence electrons. The second kappa shape index (κ2) is 7.16. The summed E-state index contributed by atoms with van der Waals surface area (Å²) in [6.45, 7) is 9.57. The Kier molecular flexibility index (Phi) is 5.13. The highest BCUT2D eigenvalue weighted by Gasteiger charge is 2.31. The van der Waals surface area contributed by atoms with Gasteiger partial charge in [-0.1, -0.05) is 39.0 Å². The summed E-state index contributed by atoms with van der Waals surface area (Å²) in [5, 5.41) is 3.17. The number of thiazole rings is 1. The summed E-state index contributed by atoms with van der Waals surface area (Å²) in [4.78, 5) is 22.0. The lowest BCUT2D eigenvalue weighted by atomic mass is 9.94. The van der Waals surface area contributed by atoms with Crippen molar-refractivity contribution in [1.29, 1.82) is 0 Å². The molecule has 0 N–H and O–H groups in total. The van der Waals surface area contributed by atoms with Crippen LogP contribution in [0.4, 0.5) is 10.8 Å². The molecular weight excluding hydrogens is 330 g/mol. The number of carbonyl (C=O) groups is 1. The summed E-state index contributed by atoms with van der Waals surface area (Å²) in [7, 11) is 0. The summed E-state index contributed by atoms with van der Waals surface area (Å²) in [5.74, 6) is 0.114. The lowest BCUT2D eigenvalue weighted by Gasteiger charge is -2.29. The first-order chi connectivity index (χ1) is 11.9. The van der Waals surface area contributed by atoms with Crippen molar-refractivity contribution in [3.05, 3.63) is 41.4 Å². The van der Waals surface area contributed by atoms with Gasteiger partial charge >= 0.3 is 0 Å². The van der Waals surface area contributed by atoms with Crippen molar-refractivity contribution >= 4 is 28.1 Å². The fourth-order valence-corrected chi connectivity index (χ4v) is 3.84. The first-order valence-electron chi connectivity index (χ1n) is 8.98. The van der Waals surface area contributed by atoms with Gasteiger partial charge in [0.15, 0.2) is 5.13 Å². The lowest BCUT2D eigenvalue weighted by molar-refractivity contribution is -0.125. The molecule has 0 radical (unpaired) electrons. The van der Waals surface area contributed by atoms with Gasteiger partial charge in [-0.3, -0.25) is 4.79 Å². The van der Waals surface area contributed by atoms with E-state index in [-0.39, 0.29) is 5.91 Å². The Labute approximate surface area is 154 Å². The molecule has 3 rings (SSSR count). The average Bonchev–Trinajstić information content (AvgIpc) is 3.31. The maximum atomic E-state index is 13.0. The van der Waals surface area contributed by atoms with E-state index < -0.39 is 5.41 Å². The fraction of sp³-hybridized carbons (Fsp3) is 0.500. The van der Waals surface area contributed by atoms with Crippen LogP contribution in [0.5, 0.6) is 0 Å². The second-order valence-electron chi connectivity index (χ2n) is 7.62. The predicted octanol–water partition coefficient (Wildman–Crippen LogP) is 4.71. The van der Waals surface area contributed by atoms with E-state index in [1.54, 1.807) is 11.3 Å². The van der Waals surface area contributed by atoms with E-state index in [4.69, 9.17) is 4.98 Å². The molecule has 4 nitrogen and oxygen atoms in total. The summed E-state index contributed by atoms with van der Waals surface area (Å²) in [6, 6.07) is 10.5. The molecule has 0 unspecified atom stereocenters. The monoisotopic (exact) mass is 357 g/mol. The fourth-order valence-electron chi connectivity index (χ4n) is 2.89. The summed E-state index contributed by atoms with van der Waals surface area (Å²) in [6.07, 6.45) is 2.53. The highest BCUT2D eigenvalue weighted by Crippen LogP contribution is 2.34. The first-order valence-corrected chi connectivity index (χ1v) is 9.86. The van der Waals surface area contributed by atoms with Crippen LogP contribution >= 0.6 is 11.3 Å². The van der Waals surface area contributed by atoms with Gasteiger partial charge in [-0.15, -0.1) is 11.3 Å². The SMILES string of the molecule is CCN(c1nc(CN(C(=O)C(C)(C)C)c2ccccc2)cs1)C1CC1. The predicted molar refractivity (Wildman–Crippen MR) is 105 cm³/mol. The van der Waals surface area contributed by atoms with Crippen LogP contribution in [-0.4, -0.2) is 23.5 Å². The Balaban J connectivity index is 1.83. The molecule has 0 bridgehead atoms. The molecule has 5 heteroatoms. The van der Waals surface area contributed by atoms with Crippen molar-refractivity contribution in [1.82, 2.24) is 4.98 Å². The van der Waals surface area contributed by atoms with Gasteiger partial charge in [0.05, 0.1) is 12.2 Å². The number of hydrogen-bond donors (Lipinski definition) is 0. The molecular formula is C20H27N3OS. The van der Waals surface area contributed by atoms with Crippen LogP contribution in [0.3, 0.4) is 0 Å². The van der Waals surface area contributed by atoms with Crippen molar-refractivity contribution in [2.24, 2.45) is 5.41 Å². The topological polar surface area (TPSA) is 36.4 Å². The molecule has 1 aromatic carbocycles. The molecule has 1 aromatic heterocycles. The number of amides is 1. The van der Waals surface area contributed by atoms with Crippen LogP contribution in [0, 0.1) is 5.41 Å². The number of rotatable bonds is 6. The van der Waals surface area contributed by atoms with Gasteiger partial charge in [0, 0.05) is 29.1 Å². The van der Waals surface area contributed by atoms with Crippen LogP contribution in [0.15, 0.2) is 35.7 Å². The molecule has 1 heterocycles. The van der Waals surface area contributed by atoms with Crippen LogP contribution in [0.2, 0.25) is 0 Å². The quantitative estimate of drug-likeness (QED) is 0.751. The van der Waals surface area contributed by atoms with E-state index in [1.165, 1.54) is 12.8 Å². The minimum atomic E-state index is -0.432. The Morgan fingerprint density at radius 1 is 1.24 bits per heavy atom. The van der Waals surface area contributed by atoms with E-state index in [1.807, 2.05) is 56.0 Å². The number of para-hydroxylation sites is 1. The van der Waals surface area contributed by atoms with Crippen molar-refractivity contribution < 1.29 is 4.79 Å². The molecule has 2 aromatic rings. The molecule has 1 aliphatic rings. The Bertz CT molecular complexity index is 716. The van der Waals surface area contributed by atoms with Gasteiger partial charge in [0.25, 0.3) is 0 Å². The van der Waals surface area contributed by atoms with Gasteiger partial charge in [-0.25, -0.2) is 4.98 Å². The van der Waals surface area contributed by atoms with Gasteiger partial charge in [-0.2, -0.15) is 0 Å². The minimum Gasteiger partial charge on any atom is -0.345 e. The van der Waals surface area contributed by atoms with E-state index in [2.05, 4.69) is 17.2 Å². The number of benzene rings is 1. The molecule has 25 heavy (non-hydrogen) atoms. The normalized spacial score (nSPS) is 14.4. The Hall–Kier alpha value is -1.88. The van der Waals surface area contributed by atoms with Crippen LogP contribution < -0.4 is 9.80 Å². The van der Waals surface area contributed by atoms with Crippen LogP contribution in [-0.2, 0) is 11.3 Å². The standard InChI is InChI=1S/C20H27N3OS/c1-5-22(17-11-12-17)19-21-15(14-25-19)13-23(18(24)20(2,3)4)16-9-7-6-8-10-16/h6-10,14,17H,5,11-13H2,1-4H3. The van der Waals surface area contributed by atoms with Gasteiger partial charge in [0.2, 0.25) is 5.91 Å². The largest absolute Gasteiger partial charge is 0.345 e. The minimum absolute atomic E-state index is 0.114. The molecule has 0 spiro atoms. The van der Waals surface area contributed by atoms with Gasteiger partial charge in [0.1, 0.15) is 0 Å². The molecule has 1 aliphatic carbocycles. The highest BCUT2D eigenvalue weighted by atomic mass is 32.1. The molecule has 0 atom stereocenters. The maximum Gasteiger partial charge on any atom is 0.232 e. The molecule has 1 amide bonds. The third-order valence-electron chi connectivity index (χ3n) is 4.39. The molecule has 0 aliphatic heterocycles. The zero-order chi connectivity index (χ0) is 18.0. The molecule has 1 saturated carbocycles. The van der Waals surface area contributed by atoms with Gasteiger partial charge in [-0.05, 0) is 31.9 Å². The smallest absolute Gasteiger partial charge is 0.232 e. The third kappa shape index (κ3) is 4.21. The van der Waals surface area contributed by atoms with Crippen molar-refractivity contribution in [2.45, 2.75) is 53.1 Å². The number of aromatic nitrogens is 1. The third-order valence-corrected chi connectivity index (χ3v) is 5.31. The average molecular weight is 358 g/mol. The Morgan fingerprint density at radius 3 is 2.48 bits per heavy atom. The number of nitrogens with zero attached hydrogens (tertiary/aromatic N) is 3. The summed E-state index contributed by atoms with van der Waals surface area (Å²) in [5.41, 5.74) is 1.45. The zero-order valence-corrected chi connectivity index (χ0v) is 16.3. The van der Waals surface area contributed by atoms with Crippen molar-refractivity contribution in [2.75, 3.05) is 16.3 Å². The molecule has 1 fully saturated rings. The van der Waals surface area contributed by atoms with Crippen molar-refractivity contribution in [3.8, 4) is 0 Å². The van der Waals surface area contributed by atoms with E-state index in [9.17, 15) is 4.79 Å². The number of hydrogen-bond acceptors (Lipinski definition) is 4. The van der Waals surface area contributed by atoms with Gasteiger partial charge < -0.3 is 9.80 Å².